The van der Waals surface area contributed by atoms with Crippen molar-refractivity contribution in [1.82, 2.24) is 4.90 Å². The summed E-state index contributed by atoms with van der Waals surface area (Å²) >= 11 is 0. The number of nitrogens with zero attached hydrogens (tertiary/aromatic N) is 1. The first-order chi connectivity index (χ1) is 8.10. The van der Waals surface area contributed by atoms with E-state index in [0.717, 1.165) is 45.6 Å². The van der Waals surface area contributed by atoms with Gasteiger partial charge >= 0.3 is 5.97 Å². The molecule has 2 unspecified atom stereocenters. The first kappa shape index (κ1) is 12.8. The highest BCUT2D eigenvalue weighted by molar-refractivity contribution is 5.74. The summed E-state index contributed by atoms with van der Waals surface area (Å²) in [6.07, 6.45) is 4.17. The zero-order chi connectivity index (χ0) is 12.3. The van der Waals surface area contributed by atoms with Crippen LogP contribution in [0.5, 0.6) is 0 Å². The molecule has 2 heterocycles. The monoisotopic (exact) mass is 241 g/mol. The minimum absolute atomic E-state index is 0.548. The molecule has 0 aromatic carbocycles. The Morgan fingerprint density at radius 3 is 3.00 bits per heavy atom. The molecule has 4 nitrogen and oxygen atoms in total. The first-order valence-corrected chi connectivity index (χ1v) is 6.64. The molecule has 98 valence electrons. The lowest BCUT2D eigenvalue weighted by molar-refractivity contribution is -0.151. The van der Waals surface area contributed by atoms with E-state index in [0.29, 0.717) is 12.5 Å². The predicted molar refractivity (Wildman–Crippen MR) is 65.0 cm³/mol. The first-order valence-electron chi connectivity index (χ1n) is 6.64. The van der Waals surface area contributed by atoms with Gasteiger partial charge in [-0.05, 0) is 45.1 Å². The average Bonchev–Trinajstić information content (AvgIpc) is 2.30. The van der Waals surface area contributed by atoms with Crippen LogP contribution in [0.3, 0.4) is 0 Å². The van der Waals surface area contributed by atoms with Gasteiger partial charge in [-0.1, -0.05) is 0 Å². The molecule has 4 heteroatoms. The minimum atomic E-state index is -0.651. The lowest BCUT2D eigenvalue weighted by atomic mass is 9.81. The zero-order valence-corrected chi connectivity index (χ0v) is 10.7. The second-order valence-electron chi connectivity index (χ2n) is 5.79. The number of piperidine rings is 1. The van der Waals surface area contributed by atoms with Crippen molar-refractivity contribution in [2.24, 2.45) is 11.3 Å². The molecule has 0 aromatic heterocycles. The smallest absolute Gasteiger partial charge is 0.310 e. The molecule has 1 N–H and O–H groups in total. The molecule has 2 atom stereocenters. The van der Waals surface area contributed by atoms with Crippen molar-refractivity contribution in [2.75, 3.05) is 32.8 Å². The van der Waals surface area contributed by atoms with Crippen LogP contribution in [-0.4, -0.2) is 48.8 Å². The van der Waals surface area contributed by atoms with Crippen molar-refractivity contribution < 1.29 is 14.6 Å². The fourth-order valence-corrected chi connectivity index (χ4v) is 2.99. The SMILES string of the molecule is CC1(C(=O)O)CCCN(CC2CCCOC2)C1. The van der Waals surface area contributed by atoms with Crippen molar-refractivity contribution in [2.45, 2.75) is 32.6 Å². The molecule has 2 rings (SSSR count). The molecular formula is C13H23NO3. The molecule has 0 amide bonds. The van der Waals surface area contributed by atoms with Gasteiger partial charge in [-0.2, -0.15) is 0 Å². The largest absolute Gasteiger partial charge is 0.481 e. The summed E-state index contributed by atoms with van der Waals surface area (Å²) in [5.41, 5.74) is -0.548. The molecule has 2 aliphatic rings. The van der Waals surface area contributed by atoms with E-state index in [1.165, 1.54) is 6.42 Å². The van der Waals surface area contributed by atoms with E-state index < -0.39 is 11.4 Å². The molecule has 2 saturated heterocycles. The zero-order valence-electron chi connectivity index (χ0n) is 10.7. The maximum Gasteiger partial charge on any atom is 0.310 e. The van der Waals surface area contributed by atoms with Crippen LogP contribution < -0.4 is 0 Å². The van der Waals surface area contributed by atoms with Gasteiger partial charge in [0.15, 0.2) is 0 Å². The number of rotatable bonds is 3. The van der Waals surface area contributed by atoms with Gasteiger partial charge in [0, 0.05) is 19.7 Å². The minimum Gasteiger partial charge on any atom is -0.481 e. The molecule has 2 fully saturated rings. The summed E-state index contributed by atoms with van der Waals surface area (Å²) in [5.74, 6) is -0.0537. The fourth-order valence-electron chi connectivity index (χ4n) is 2.99. The fraction of sp³-hybridized carbons (Fsp3) is 0.923. The molecule has 0 bridgehead atoms. The number of carboxylic acids is 1. The normalized spacial score (nSPS) is 35.7. The predicted octanol–water partition coefficient (Wildman–Crippen LogP) is 1.60. The maximum absolute atomic E-state index is 11.3. The highest BCUT2D eigenvalue weighted by atomic mass is 16.5. The molecule has 0 saturated carbocycles. The Balaban J connectivity index is 1.86. The number of aliphatic carboxylic acids is 1. The third-order valence-corrected chi connectivity index (χ3v) is 4.06. The maximum atomic E-state index is 11.3. The third-order valence-electron chi connectivity index (χ3n) is 4.06. The van der Waals surface area contributed by atoms with Crippen molar-refractivity contribution >= 4 is 5.97 Å². The van der Waals surface area contributed by atoms with E-state index in [1.807, 2.05) is 6.92 Å². The van der Waals surface area contributed by atoms with Gasteiger partial charge in [0.05, 0.1) is 12.0 Å². The van der Waals surface area contributed by atoms with E-state index in [-0.39, 0.29) is 0 Å². The summed E-state index contributed by atoms with van der Waals surface area (Å²) in [4.78, 5) is 13.6. The van der Waals surface area contributed by atoms with E-state index in [1.54, 1.807) is 0 Å². The quantitative estimate of drug-likeness (QED) is 0.815. The van der Waals surface area contributed by atoms with Crippen LogP contribution in [0.4, 0.5) is 0 Å². The van der Waals surface area contributed by atoms with Crippen LogP contribution in [0.25, 0.3) is 0 Å². The number of carbonyl (C=O) groups is 1. The van der Waals surface area contributed by atoms with Gasteiger partial charge in [-0.3, -0.25) is 4.79 Å². The van der Waals surface area contributed by atoms with Gasteiger partial charge in [-0.25, -0.2) is 0 Å². The molecule has 0 radical (unpaired) electrons. The van der Waals surface area contributed by atoms with Crippen LogP contribution in [0.1, 0.15) is 32.6 Å². The second kappa shape index (κ2) is 5.36. The molecule has 0 aliphatic carbocycles. The molecule has 2 aliphatic heterocycles. The molecular weight excluding hydrogens is 218 g/mol. The van der Waals surface area contributed by atoms with E-state index in [9.17, 15) is 9.90 Å². The number of likely N-dealkylation sites (tertiary alicyclic amines) is 1. The lowest BCUT2D eigenvalue weighted by Crippen LogP contribution is -2.48. The Bertz CT molecular complexity index is 276. The Kier molecular flexibility index (Phi) is 4.05. The summed E-state index contributed by atoms with van der Waals surface area (Å²) < 4.78 is 5.48. The van der Waals surface area contributed by atoms with E-state index in [2.05, 4.69) is 4.90 Å². The number of carboxylic acid groups (broad SMARTS) is 1. The van der Waals surface area contributed by atoms with Crippen molar-refractivity contribution in [3.8, 4) is 0 Å². The Labute approximate surface area is 103 Å². The van der Waals surface area contributed by atoms with E-state index >= 15 is 0 Å². The van der Waals surface area contributed by atoms with Gasteiger partial charge < -0.3 is 14.7 Å². The van der Waals surface area contributed by atoms with Crippen LogP contribution in [0, 0.1) is 11.3 Å². The van der Waals surface area contributed by atoms with Gasteiger partial charge in [-0.15, -0.1) is 0 Å². The van der Waals surface area contributed by atoms with Crippen molar-refractivity contribution in [1.29, 1.82) is 0 Å². The second-order valence-corrected chi connectivity index (χ2v) is 5.79. The Hall–Kier alpha value is -0.610. The van der Waals surface area contributed by atoms with Gasteiger partial charge in [0.25, 0.3) is 0 Å². The number of hydrogen-bond donors (Lipinski definition) is 1. The Morgan fingerprint density at radius 2 is 2.35 bits per heavy atom. The lowest BCUT2D eigenvalue weighted by Gasteiger charge is -2.39. The van der Waals surface area contributed by atoms with Crippen molar-refractivity contribution in [3.05, 3.63) is 0 Å². The number of hydrogen-bond acceptors (Lipinski definition) is 3. The van der Waals surface area contributed by atoms with Crippen LogP contribution in [-0.2, 0) is 9.53 Å². The average molecular weight is 241 g/mol. The molecule has 17 heavy (non-hydrogen) atoms. The van der Waals surface area contributed by atoms with Gasteiger partial charge in [0.1, 0.15) is 0 Å². The molecule has 0 aromatic rings. The highest BCUT2D eigenvalue weighted by Crippen LogP contribution is 2.30. The molecule has 0 spiro atoms. The summed E-state index contributed by atoms with van der Waals surface area (Å²) in [5, 5.41) is 9.27. The van der Waals surface area contributed by atoms with Gasteiger partial charge in [0.2, 0.25) is 0 Å². The topological polar surface area (TPSA) is 49.8 Å². The number of ether oxygens (including phenoxy) is 1. The summed E-state index contributed by atoms with van der Waals surface area (Å²) in [7, 11) is 0. The van der Waals surface area contributed by atoms with E-state index in [4.69, 9.17) is 4.74 Å². The van der Waals surface area contributed by atoms with Crippen LogP contribution >= 0.6 is 0 Å². The summed E-state index contributed by atoms with van der Waals surface area (Å²) in [6, 6.07) is 0. The highest BCUT2D eigenvalue weighted by Gasteiger charge is 2.38. The Morgan fingerprint density at radius 1 is 1.53 bits per heavy atom. The van der Waals surface area contributed by atoms with Crippen LogP contribution in [0.2, 0.25) is 0 Å². The van der Waals surface area contributed by atoms with Crippen LogP contribution in [0.15, 0.2) is 0 Å². The van der Waals surface area contributed by atoms with Crippen molar-refractivity contribution in [3.63, 3.8) is 0 Å². The summed E-state index contributed by atoms with van der Waals surface area (Å²) in [6.45, 7) is 6.35. The standard InChI is InChI=1S/C13H23NO3/c1-13(12(15)16)5-3-6-14(10-13)8-11-4-2-7-17-9-11/h11H,2-10H2,1H3,(H,15,16). The third kappa shape index (κ3) is 3.19.